The average molecular weight is 429 g/mol. The van der Waals surface area contributed by atoms with E-state index in [0.29, 0.717) is 31.7 Å². The SMILES string of the molecule is COc1ccc(OC)c(-c2cn3c(CC(=O)N4CCC(C(N)=O)CC4)csc3n2)c1. The number of hydrogen-bond donors (Lipinski definition) is 1. The van der Waals surface area contributed by atoms with Crippen LogP contribution < -0.4 is 15.2 Å². The molecule has 3 aromatic rings. The number of nitrogens with zero attached hydrogens (tertiary/aromatic N) is 3. The van der Waals surface area contributed by atoms with E-state index in [1.165, 1.54) is 11.3 Å². The quantitative estimate of drug-likeness (QED) is 0.650. The Hall–Kier alpha value is -3.07. The lowest BCUT2D eigenvalue weighted by Gasteiger charge is -2.30. The molecule has 8 nitrogen and oxygen atoms in total. The summed E-state index contributed by atoms with van der Waals surface area (Å²) in [6.07, 6.45) is 3.47. The van der Waals surface area contributed by atoms with Gasteiger partial charge in [0, 0.05) is 41.8 Å². The number of hydrogen-bond acceptors (Lipinski definition) is 6. The molecule has 1 saturated heterocycles. The van der Waals surface area contributed by atoms with E-state index in [2.05, 4.69) is 0 Å². The summed E-state index contributed by atoms with van der Waals surface area (Å²) in [4.78, 5) is 31.5. The van der Waals surface area contributed by atoms with Crippen molar-refractivity contribution in [1.82, 2.24) is 14.3 Å². The van der Waals surface area contributed by atoms with Gasteiger partial charge in [-0.2, -0.15) is 0 Å². The Balaban J connectivity index is 1.54. The lowest BCUT2D eigenvalue weighted by Crippen LogP contribution is -2.42. The van der Waals surface area contributed by atoms with E-state index in [1.807, 2.05) is 39.1 Å². The molecule has 4 rings (SSSR count). The minimum atomic E-state index is -0.277. The van der Waals surface area contributed by atoms with Crippen LogP contribution in [0.1, 0.15) is 18.5 Å². The number of piperidine rings is 1. The number of methoxy groups -OCH3 is 2. The molecule has 0 aliphatic carbocycles. The molecule has 3 heterocycles. The molecule has 0 saturated carbocycles. The second-order valence-corrected chi connectivity index (χ2v) is 8.14. The molecule has 0 bridgehead atoms. The Labute approximate surface area is 178 Å². The van der Waals surface area contributed by atoms with Gasteiger partial charge in [0.15, 0.2) is 4.96 Å². The molecule has 1 aromatic carbocycles. The second-order valence-electron chi connectivity index (χ2n) is 7.31. The van der Waals surface area contributed by atoms with Gasteiger partial charge in [-0.3, -0.25) is 14.0 Å². The standard InChI is InChI=1S/C21H24N4O4S/c1-28-15-3-4-18(29-2)16(10-15)17-11-25-14(12-30-21(25)23-17)9-19(26)24-7-5-13(6-8-24)20(22)27/h3-4,10-13H,5-9H2,1-2H3,(H2,22,27). The van der Waals surface area contributed by atoms with Gasteiger partial charge in [-0.05, 0) is 31.0 Å². The van der Waals surface area contributed by atoms with Crippen LogP contribution in [-0.2, 0) is 16.0 Å². The molecule has 158 valence electrons. The Morgan fingerprint density at radius 2 is 2.00 bits per heavy atom. The van der Waals surface area contributed by atoms with Gasteiger partial charge in [0.25, 0.3) is 0 Å². The van der Waals surface area contributed by atoms with Gasteiger partial charge in [-0.25, -0.2) is 4.98 Å². The fourth-order valence-corrected chi connectivity index (χ4v) is 4.65. The topological polar surface area (TPSA) is 99.2 Å². The zero-order valence-electron chi connectivity index (χ0n) is 17.0. The molecule has 2 amide bonds. The van der Waals surface area contributed by atoms with Gasteiger partial charge >= 0.3 is 0 Å². The molecule has 1 aliphatic rings. The van der Waals surface area contributed by atoms with E-state index in [-0.39, 0.29) is 24.2 Å². The third-order valence-electron chi connectivity index (χ3n) is 5.55. The molecule has 0 unspecified atom stereocenters. The largest absolute Gasteiger partial charge is 0.497 e. The van der Waals surface area contributed by atoms with Crippen molar-refractivity contribution in [2.75, 3.05) is 27.3 Å². The number of imidazole rings is 1. The van der Waals surface area contributed by atoms with Crippen LogP contribution in [0.15, 0.2) is 29.8 Å². The Morgan fingerprint density at radius 3 is 2.67 bits per heavy atom. The number of amides is 2. The molecular formula is C21H24N4O4S. The van der Waals surface area contributed by atoms with Crippen LogP contribution in [0.2, 0.25) is 0 Å². The van der Waals surface area contributed by atoms with E-state index in [0.717, 1.165) is 27.7 Å². The van der Waals surface area contributed by atoms with Crippen LogP contribution in [0.5, 0.6) is 11.5 Å². The number of fused-ring (bicyclic) bond motifs is 1. The highest BCUT2D eigenvalue weighted by Crippen LogP contribution is 2.34. The number of primary amides is 1. The van der Waals surface area contributed by atoms with E-state index < -0.39 is 0 Å². The second kappa shape index (κ2) is 8.35. The van der Waals surface area contributed by atoms with Crippen molar-refractivity contribution in [3.05, 3.63) is 35.5 Å². The van der Waals surface area contributed by atoms with E-state index in [4.69, 9.17) is 20.2 Å². The summed E-state index contributed by atoms with van der Waals surface area (Å²) >= 11 is 1.49. The van der Waals surface area contributed by atoms with Crippen molar-refractivity contribution >= 4 is 28.1 Å². The first-order chi connectivity index (χ1) is 14.5. The van der Waals surface area contributed by atoms with Gasteiger partial charge in [0.05, 0.1) is 26.3 Å². The minimum Gasteiger partial charge on any atom is -0.497 e. The van der Waals surface area contributed by atoms with Crippen LogP contribution in [-0.4, -0.2) is 53.4 Å². The summed E-state index contributed by atoms with van der Waals surface area (Å²) in [5.41, 5.74) is 7.86. The predicted molar refractivity (Wildman–Crippen MR) is 114 cm³/mol. The Kier molecular flexibility index (Phi) is 5.63. The smallest absolute Gasteiger partial charge is 0.228 e. The zero-order chi connectivity index (χ0) is 21.3. The molecule has 0 atom stereocenters. The number of nitrogens with two attached hydrogens (primary N) is 1. The van der Waals surface area contributed by atoms with Crippen LogP contribution in [0.25, 0.3) is 16.2 Å². The number of thiazole rings is 1. The molecule has 2 aromatic heterocycles. The van der Waals surface area contributed by atoms with Crippen LogP contribution in [0.4, 0.5) is 0 Å². The van der Waals surface area contributed by atoms with Gasteiger partial charge in [0.1, 0.15) is 11.5 Å². The van der Waals surface area contributed by atoms with Crippen LogP contribution in [0, 0.1) is 5.92 Å². The third kappa shape index (κ3) is 3.85. The van der Waals surface area contributed by atoms with Gasteiger partial charge in [-0.15, -0.1) is 11.3 Å². The summed E-state index contributed by atoms with van der Waals surface area (Å²) in [5.74, 6) is 1.07. The summed E-state index contributed by atoms with van der Waals surface area (Å²) in [5, 5.41) is 1.96. The summed E-state index contributed by atoms with van der Waals surface area (Å²) in [7, 11) is 3.24. The first-order valence-electron chi connectivity index (χ1n) is 9.75. The average Bonchev–Trinajstić information content (AvgIpc) is 3.35. The number of likely N-dealkylation sites (tertiary alicyclic amines) is 1. The fourth-order valence-electron chi connectivity index (χ4n) is 3.78. The number of aromatic nitrogens is 2. The van der Waals surface area contributed by atoms with Gasteiger partial charge < -0.3 is 20.1 Å². The monoisotopic (exact) mass is 428 g/mol. The minimum absolute atomic E-state index is 0.0480. The fraction of sp³-hybridized carbons (Fsp3) is 0.381. The Morgan fingerprint density at radius 1 is 1.23 bits per heavy atom. The van der Waals surface area contributed by atoms with E-state index >= 15 is 0 Å². The number of benzene rings is 1. The van der Waals surface area contributed by atoms with Crippen LogP contribution in [0.3, 0.4) is 0 Å². The maximum absolute atomic E-state index is 12.8. The van der Waals surface area contributed by atoms with Crippen LogP contribution >= 0.6 is 11.3 Å². The van der Waals surface area contributed by atoms with E-state index in [1.54, 1.807) is 14.2 Å². The Bertz CT molecular complexity index is 1080. The van der Waals surface area contributed by atoms with Crippen molar-refractivity contribution in [3.8, 4) is 22.8 Å². The lowest BCUT2D eigenvalue weighted by molar-refractivity contribution is -0.134. The maximum Gasteiger partial charge on any atom is 0.228 e. The number of carbonyl (C=O) groups is 2. The van der Waals surface area contributed by atoms with Crippen molar-refractivity contribution < 1.29 is 19.1 Å². The number of carbonyl (C=O) groups excluding carboxylic acids is 2. The van der Waals surface area contributed by atoms with Gasteiger partial charge in [0.2, 0.25) is 11.8 Å². The van der Waals surface area contributed by atoms with Crippen molar-refractivity contribution in [2.45, 2.75) is 19.3 Å². The molecule has 1 aliphatic heterocycles. The van der Waals surface area contributed by atoms with Gasteiger partial charge in [-0.1, -0.05) is 0 Å². The number of rotatable bonds is 6. The first kappa shape index (κ1) is 20.2. The maximum atomic E-state index is 12.8. The highest BCUT2D eigenvalue weighted by atomic mass is 32.1. The molecule has 9 heteroatoms. The molecule has 30 heavy (non-hydrogen) atoms. The van der Waals surface area contributed by atoms with Crippen molar-refractivity contribution in [1.29, 1.82) is 0 Å². The number of ether oxygens (including phenoxy) is 2. The van der Waals surface area contributed by atoms with Crippen molar-refractivity contribution in [2.24, 2.45) is 11.7 Å². The highest BCUT2D eigenvalue weighted by molar-refractivity contribution is 7.15. The first-order valence-corrected chi connectivity index (χ1v) is 10.6. The molecule has 0 radical (unpaired) electrons. The normalized spacial score (nSPS) is 14.8. The van der Waals surface area contributed by atoms with E-state index in [9.17, 15) is 9.59 Å². The lowest BCUT2D eigenvalue weighted by atomic mass is 9.96. The molecule has 2 N–H and O–H groups in total. The molecule has 0 spiro atoms. The highest BCUT2D eigenvalue weighted by Gasteiger charge is 2.26. The molecule has 1 fully saturated rings. The summed E-state index contributed by atoms with van der Waals surface area (Å²) in [6.45, 7) is 1.13. The van der Waals surface area contributed by atoms with Crippen molar-refractivity contribution in [3.63, 3.8) is 0 Å². The summed E-state index contributed by atoms with van der Waals surface area (Å²) in [6, 6.07) is 5.58. The summed E-state index contributed by atoms with van der Waals surface area (Å²) < 4.78 is 12.8. The molecular weight excluding hydrogens is 404 g/mol. The third-order valence-corrected chi connectivity index (χ3v) is 6.44. The predicted octanol–water partition coefficient (Wildman–Crippen LogP) is 2.35. The zero-order valence-corrected chi connectivity index (χ0v) is 17.8.